The van der Waals surface area contributed by atoms with Crippen LogP contribution in [0, 0.1) is 5.82 Å². The zero-order valence-corrected chi connectivity index (χ0v) is 8.49. The number of ether oxygens (including phenoxy) is 1. The number of phenols is 1. The fraction of sp³-hybridized carbons (Fsp3) is 0.100. The molecule has 0 aliphatic carbocycles. The lowest BCUT2D eigenvalue weighted by molar-refractivity contribution is 0.352. The predicted octanol–water partition coefficient (Wildman–Crippen LogP) is 1.51. The minimum absolute atomic E-state index is 0.210. The van der Waals surface area contributed by atoms with E-state index in [1.165, 1.54) is 25.4 Å². The minimum Gasteiger partial charge on any atom is -0.504 e. The topological polar surface area (TPSA) is 84.2 Å². The Hall–Kier alpha value is -2.24. The van der Waals surface area contributed by atoms with Crippen LogP contribution in [0.1, 0.15) is 0 Å². The fourth-order valence-electron chi connectivity index (χ4n) is 1.47. The van der Waals surface area contributed by atoms with Crippen LogP contribution < -0.4 is 10.5 Å². The second-order valence-electron chi connectivity index (χ2n) is 3.17. The van der Waals surface area contributed by atoms with Gasteiger partial charge < -0.3 is 15.6 Å². The van der Waals surface area contributed by atoms with Gasteiger partial charge in [-0.05, 0) is 12.1 Å². The first-order valence-corrected chi connectivity index (χ1v) is 4.49. The quantitative estimate of drug-likeness (QED) is 0.720. The number of hydrogen-bond acceptors (Lipinski definition) is 4. The van der Waals surface area contributed by atoms with Gasteiger partial charge >= 0.3 is 0 Å². The summed E-state index contributed by atoms with van der Waals surface area (Å²) in [5.74, 6) is -0.844. The maximum Gasteiger partial charge on any atom is 0.197 e. The van der Waals surface area contributed by atoms with E-state index < -0.39 is 5.82 Å². The lowest BCUT2D eigenvalue weighted by atomic mass is 10.1. The molecule has 6 heteroatoms. The van der Waals surface area contributed by atoms with Gasteiger partial charge in [0.15, 0.2) is 17.3 Å². The Balaban J connectivity index is 2.63. The van der Waals surface area contributed by atoms with Crippen LogP contribution >= 0.6 is 0 Å². The number of nitrogens with one attached hydrogen (secondary N) is 1. The Morgan fingerprint density at radius 2 is 2.19 bits per heavy atom. The zero-order chi connectivity index (χ0) is 11.7. The van der Waals surface area contributed by atoms with Crippen molar-refractivity contribution in [1.29, 1.82) is 0 Å². The molecule has 2 rings (SSSR count). The number of phenolic OH excluding ortho intramolecular Hbond substituents is 1. The summed E-state index contributed by atoms with van der Waals surface area (Å²) in [6.07, 6.45) is 1.45. The number of halogens is 1. The average Bonchev–Trinajstić information content (AvgIpc) is 2.66. The number of aromatic nitrogens is 2. The van der Waals surface area contributed by atoms with Gasteiger partial charge in [0, 0.05) is 11.1 Å². The van der Waals surface area contributed by atoms with Gasteiger partial charge in [0.2, 0.25) is 0 Å². The van der Waals surface area contributed by atoms with Crippen molar-refractivity contribution in [2.75, 3.05) is 12.8 Å². The molecule has 0 spiro atoms. The highest BCUT2D eigenvalue weighted by atomic mass is 19.1. The Morgan fingerprint density at radius 1 is 1.44 bits per heavy atom. The Morgan fingerprint density at radius 3 is 2.75 bits per heavy atom. The molecule has 0 radical (unpaired) electrons. The van der Waals surface area contributed by atoms with Gasteiger partial charge in [-0.15, -0.1) is 0 Å². The number of aromatic amines is 1. The van der Waals surface area contributed by atoms with E-state index in [0.717, 1.165) is 0 Å². The highest BCUT2D eigenvalue weighted by Crippen LogP contribution is 2.40. The summed E-state index contributed by atoms with van der Waals surface area (Å²) in [6, 6.07) is 2.61. The fourth-order valence-corrected chi connectivity index (χ4v) is 1.47. The summed E-state index contributed by atoms with van der Waals surface area (Å²) in [6.45, 7) is 0. The lowest BCUT2D eigenvalue weighted by Crippen LogP contribution is -1.92. The smallest absolute Gasteiger partial charge is 0.197 e. The Kier molecular flexibility index (Phi) is 2.40. The van der Waals surface area contributed by atoms with Crippen molar-refractivity contribution in [2.45, 2.75) is 0 Å². The van der Waals surface area contributed by atoms with Crippen LogP contribution in [-0.2, 0) is 0 Å². The van der Waals surface area contributed by atoms with Gasteiger partial charge in [-0.3, -0.25) is 5.10 Å². The van der Waals surface area contributed by atoms with Crippen molar-refractivity contribution < 1.29 is 14.2 Å². The zero-order valence-electron chi connectivity index (χ0n) is 8.49. The average molecular weight is 223 g/mol. The van der Waals surface area contributed by atoms with Crippen molar-refractivity contribution in [1.82, 2.24) is 10.2 Å². The number of anilines is 1. The van der Waals surface area contributed by atoms with Gasteiger partial charge in [0.05, 0.1) is 13.3 Å². The number of benzene rings is 1. The highest BCUT2D eigenvalue weighted by Gasteiger charge is 2.16. The lowest BCUT2D eigenvalue weighted by Gasteiger charge is -2.08. The molecule has 0 saturated carbocycles. The molecule has 0 saturated heterocycles. The number of nitrogens with zero attached hydrogens (tertiary/aromatic N) is 1. The molecule has 0 atom stereocenters. The van der Waals surface area contributed by atoms with Crippen LogP contribution in [0.2, 0.25) is 0 Å². The summed E-state index contributed by atoms with van der Waals surface area (Å²) in [7, 11) is 1.28. The molecule has 4 N–H and O–H groups in total. The number of rotatable bonds is 2. The number of methoxy groups -OCH3 is 1. The SMILES string of the molecule is COc1c(F)ccc(-c2cn[nH]c2N)c1O. The van der Waals surface area contributed by atoms with Crippen molar-refractivity contribution >= 4 is 5.82 Å². The molecule has 84 valence electrons. The summed E-state index contributed by atoms with van der Waals surface area (Å²) in [5, 5.41) is 16.1. The van der Waals surface area contributed by atoms with Gasteiger partial charge in [-0.25, -0.2) is 4.39 Å². The maximum atomic E-state index is 13.2. The number of nitrogen functional groups attached to an aromatic ring is 1. The van der Waals surface area contributed by atoms with E-state index >= 15 is 0 Å². The van der Waals surface area contributed by atoms with E-state index in [2.05, 4.69) is 10.2 Å². The molecular weight excluding hydrogens is 213 g/mol. The monoisotopic (exact) mass is 223 g/mol. The highest BCUT2D eigenvalue weighted by molar-refractivity contribution is 5.79. The normalized spacial score (nSPS) is 10.4. The van der Waals surface area contributed by atoms with Crippen LogP contribution in [0.15, 0.2) is 18.3 Å². The van der Waals surface area contributed by atoms with E-state index in [-0.39, 0.29) is 11.5 Å². The predicted molar refractivity (Wildman–Crippen MR) is 56.6 cm³/mol. The summed E-state index contributed by atoms with van der Waals surface area (Å²) >= 11 is 0. The molecular formula is C10H10FN3O2. The summed E-state index contributed by atoms with van der Waals surface area (Å²) in [5.41, 5.74) is 6.47. The number of aromatic hydroxyl groups is 1. The number of H-pyrrole nitrogens is 1. The van der Waals surface area contributed by atoms with E-state index in [1.807, 2.05) is 0 Å². The molecule has 0 aliphatic heterocycles. The first-order valence-electron chi connectivity index (χ1n) is 4.49. The van der Waals surface area contributed by atoms with Crippen LogP contribution in [0.5, 0.6) is 11.5 Å². The molecule has 0 bridgehead atoms. The molecule has 1 heterocycles. The largest absolute Gasteiger partial charge is 0.504 e. The van der Waals surface area contributed by atoms with Crippen molar-refractivity contribution in [3.8, 4) is 22.6 Å². The molecule has 5 nitrogen and oxygen atoms in total. The van der Waals surface area contributed by atoms with Gasteiger partial charge in [0.25, 0.3) is 0 Å². The number of nitrogens with two attached hydrogens (primary N) is 1. The molecule has 16 heavy (non-hydrogen) atoms. The number of hydrogen-bond donors (Lipinski definition) is 3. The standard InChI is InChI=1S/C10H10FN3O2/c1-16-9-7(11)3-2-5(8(9)15)6-4-13-14-10(6)12/h2-4,15H,1H3,(H3,12,13,14). The van der Waals surface area contributed by atoms with Crippen LogP contribution in [-0.4, -0.2) is 22.4 Å². The second kappa shape index (κ2) is 3.73. The van der Waals surface area contributed by atoms with E-state index in [4.69, 9.17) is 10.5 Å². The third-order valence-corrected chi connectivity index (χ3v) is 2.25. The van der Waals surface area contributed by atoms with Gasteiger partial charge in [0.1, 0.15) is 5.82 Å². The molecule has 0 aliphatic rings. The second-order valence-corrected chi connectivity index (χ2v) is 3.17. The van der Waals surface area contributed by atoms with E-state index in [1.54, 1.807) is 0 Å². The van der Waals surface area contributed by atoms with E-state index in [0.29, 0.717) is 16.9 Å². The molecule has 2 aromatic rings. The first-order chi connectivity index (χ1) is 7.65. The van der Waals surface area contributed by atoms with Crippen molar-refractivity contribution in [2.24, 2.45) is 0 Å². The third-order valence-electron chi connectivity index (χ3n) is 2.25. The maximum absolute atomic E-state index is 13.2. The first kappa shape index (κ1) is 10.3. The van der Waals surface area contributed by atoms with Gasteiger partial charge in [-0.2, -0.15) is 5.10 Å². The summed E-state index contributed by atoms with van der Waals surface area (Å²) in [4.78, 5) is 0. The van der Waals surface area contributed by atoms with Crippen molar-refractivity contribution in [3.05, 3.63) is 24.1 Å². The molecule has 1 aromatic carbocycles. The summed E-state index contributed by atoms with van der Waals surface area (Å²) < 4.78 is 18.0. The molecule has 1 aromatic heterocycles. The van der Waals surface area contributed by atoms with Crippen LogP contribution in [0.3, 0.4) is 0 Å². The van der Waals surface area contributed by atoms with Crippen LogP contribution in [0.4, 0.5) is 10.2 Å². The van der Waals surface area contributed by atoms with Crippen LogP contribution in [0.25, 0.3) is 11.1 Å². The van der Waals surface area contributed by atoms with Crippen molar-refractivity contribution in [3.63, 3.8) is 0 Å². The molecule has 0 amide bonds. The molecule has 0 unspecified atom stereocenters. The third kappa shape index (κ3) is 1.44. The Labute approximate surface area is 90.7 Å². The Bertz CT molecular complexity index is 525. The van der Waals surface area contributed by atoms with Gasteiger partial charge in [-0.1, -0.05) is 0 Å². The minimum atomic E-state index is -0.634. The molecule has 0 fully saturated rings. The van der Waals surface area contributed by atoms with E-state index in [9.17, 15) is 9.50 Å².